The molecule has 0 aliphatic carbocycles. The summed E-state index contributed by atoms with van der Waals surface area (Å²) in [5.74, 6) is 0.874. The summed E-state index contributed by atoms with van der Waals surface area (Å²) < 4.78 is 38.7. The van der Waals surface area contributed by atoms with Crippen LogP contribution in [0, 0.1) is 0 Å². The molecule has 0 saturated carbocycles. The van der Waals surface area contributed by atoms with Gasteiger partial charge in [-0.3, -0.25) is 10.1 Å². The van der Waals surface area contributed by atoms with E-state index >= 15 is 0 Å². The minimum absolute atomic E-state index is 0.0750. The second-order valence-corrected chi connectivity index (χ2v) is 10.9. The third-order valence-corrected chi connectivity index (χ3v) is 6.53. The number of anilines is 1. The summed E-state index contributed by atoms with van der Waals surface area (Å²) in [5, 5.41) is 5.56. The molecule has 3 aromatic rings. The van der Waals surface area contributed by atoms with Crippen LogP contribution in [-0.4, -0.2) is 38.2 Å². The first-order valence-electron chi connectivity index (χ1n) is 11.2. The monoisotopic (exact) mass is 527 g/mol. The van der Waals surface area contributed by atoms with E-state index in [0.29, 0.717) is 30.2 Å². The Balaban J connectivity index is 1.50. The summed E-state index contributed by atoms with van der Waals surface area (Å²) in [6.45, 7) is 5.98. The first kappa shape index (κ1) is 27.1. The standard InChI is InChI=1S/C26H29N3O5S2/c1-26(2,3)29-36(31,32)23-14-12-20(13-15-23)27-25(35)28-24(30)19-8-7-11-22(18-19)34-17-16-33-21-9-5-4-6-10-21/h4-15,18,29H,16-17H2,1-3H3,(H2,27,28,30,35). The minimum Gasteiger partial charge on any atom is -0.490 e. The van der Waals surface area contributed by atoms with Gasteiger partial charge in [-0.25, -0.2) is 13.1 Å². The van der Waals surface area contributed by atoms with Crippen LogP contribution < -0.4 is 24.8 Å². The molecule has 8 nitrogen and oxygen atoms in total. The predicted molar refractivity (Wildman–Crippen MR) is 144 cm³/mol. The maximum Gasteiger partial charge on any atom is 0.257 e. The summed E-state index contributed by atoms with van der Waals surface area (Å²) in [4.78, 5) is 12.8. The maximum atomic E-state index is 12.6. The zero-order valence-corrected chi connectivity index (χ0v) is 21.9. The van der Waals surface area contributed by atoms with E-state index in [-0.39, 0.29) is 10.0 Å². The first-order chi connectivity index (χ1) is 17.0. The van der Waals surface area contributed by atoms with Gasteiger partial charge in [0.2, 0.25) is 10.0 Å². The fourth-order valence-electron chi connectivity index (χ4n) is 3.08. The molecule has 0 saturated heterocycles. The number of carbonyl (C=O) groups is 1. The number of amides is 1. The van der Waals surface area contributed by atoms with Crippen LogP contribution in [0.5, 0.6) is 11.5 Å². The molecule has 3 aromatic carbocycles. The highest BCUT2D eigenvalue weighted by atomic mass is 32.2. The van der Waals surface area contributed by atoms with Crippen LogP contribution in [0.2, 0.25) is 0 Å². The quantitative estimate of drug-likeness (QED) is 0.281. The van der Waals surface area contributed by atoms with Crippen LogP contribution >= 0.6 is 12.2 Å². The van der Waals surface area contributed by atoms with Crippen molar-refractivity contribution < 1.29 is 22.7 Å². The average molecular weight is 528 g/mol. The van der Waals surface area contributed by atoms with Gasteiger partial charge in [0.15, 0.2) is 5.11 Å². The molecule has 3 N–H and O–H groups in total. The van der Waals surface area contributed by atoms with E-state index in [1.54, 1.807) is 57.2 Å². The van der Waals surface area contributed by atoms with Crippen molar-refractivity contribution >= 4 is 38.9 Å². The molecule has 0 fully saturated rings. The summed E-state index contributed by atoms with van der Waals surface area (Å²) in [7, 11) is -3.65. The molecule has 0 aromatic heterocycles. The topological polar surface area (TPSA) is 106 Å². The molecular weight excluding hydrogens is 498 g/mol. The Bertz CT molecular complexity index is 1290. The number of hydrogen-bond acceptors (Lipinski definition) is 6. The molecule has 190 valence electrons. The van der Waals surface area contributed by atoms with Gasteiger partial charge < -0.3 is 14.8 Å². The van der Waals surface area contributed by atoms with Gasteiger partial charge in [-0.2, -0.15) is 0 Å². The maximum absolute atomic E-state index is 12.6. The van der Waals surface area contributed by atoms with Gasteiger partial charge in [0.05, 0.1) is 4.90 Å². The first-order valence-corrected chi connectivity index (χ1v) is 13.1. The van der Waals surface area contributed by atoms with Crippen LogP contribution in [0.3, 0.4) is 0 Å². The minimum atomic E-state index is -3.65. The van der Waals surface area contributed by atoms with Crippen molar-refractivity contribution in [2.24, 2.45) is 0 Å². The van der Waals surface area contributed by atoms with Gasteiger partial charge in [0, 0.05) is 16.8 Å². The summed E-state index contributed by atoms with van der Waals surface area (Å²) in [6, 6.07) is 22.2. The van der Waals surface area contributed by atoms with Crippen molar-refractivity contribution in [2.75, 3.05) is 18.5 Å². The number of thiocarbonyl (C=S) groups is 1. The molecule has 10 heteroatoms. The lowest BCUT2D eigenvalue weighted by Gasteiger charge is -2.20. The molecule has 0 atom stereocenters. The molecule has 0 radical (unpaired) electrons. The van der Waals surface area contributed by atoms with Gasteiger partial charge in [-0.1, -0.05) is 24.3 Å². The lowest BCUT2D eigenvalue weighted by atomic mass is 10.1. The molecule has 0 heterocycles. The largest absolute Gasteiger partial charge is 0.490 e. The van der Waals surface area contributed by atoms with Gasteiger partial charge >= 0.3 is 0 Å². The van der Waals surface area contributed by atoms with E-state index in [1.165, 1.54) is 12.1 Å². The number of ether oxygens (including phenoxy) is 2. The SMILES string of the molecule is CC(C)(C)NS(=O)(=O)c1ccc(NC(=S)NC(=O)c2cccc(OCCOc3ccccc3)c2)cc1. The Kier molecular flexibility index (Phi) is 9.03. The fourth-order valence-corrected chi connectivity index (χ4v) is 4.71. The smallest absolute Gasteiger partial charge is 0.257 e. The van der Waals surface area contributed by atoms with E-state index < -0.39 is 21.5 Å². The third-order valence-electron chi connectivity index (χ3n) is 4.55. The lowest BCUT2D eigenvalue weighted by Crippen LogP contribution is -2.40. The van der Waals surface area contributed by atoms with E-state index in [4.69, 9.17) is 21.7 Å². The van der Waals surface area contributed by atoms with E-state index in [0.717, 1.165) is 5.75 Å². The zero-order chi connectivity index (χ0) is 26.2. The second kappa shape index (κ2) is 12.0. The van der Waals surface area contributed by atoms with Gasteiger partial charge in [0.25, 0.3) is 5.91 Å². The molecular formula is C26H29N3O5S2. The number of sulfonamides is 1. The number of rotatable bonds is 9. The number of hydrogen-bond donors (Lipinski definition) is 3. The average Bonchev–Trinajstić information content (AvgIpc) is 2.81. The van der Waals surface area contributed by atoms with Crippen LogP contribution in [0.15, 0.2) is 83.8 Å². The predicted octanol–water partition coefficient (Wildman–Crippen LogP) is 4.35. The van der Waals surface area contributed by atoms with Crippen LogP contribution in [0.1, 0.15) is 31.1 Å². The van der Waals surface area contributed by atoms with Crippen molar-refractivity contribution in [3.8, 4) is 11.5 Å². The Labute approximate surface area is 217 Å². The molecule has 3 rings (SSSR count). The summed E-state index contributed by atoms with van der Waals surface area (Å²) in [6.07, 6.45) is 0. The van der Waals surface area contributed by atoms with Crippen LogP contribution in [0.25, 0.3) is 0 Å². The lowest BCUT2D eigenvalue weighted by molar-refractivity contribution is 0.0977. The highest BCUT2D eigenvalue weighted by Crippen LogP contribution is 2.17. The molecule has 0 bridgehead atoms. The van der Waals surface area contributed by atoms with Gasteiger partial charge in [-0.05, 0) is 87.6 Å². The van der Waals surface area contributed by atoms with Crippen LogP contribution in [0.4, 0.5) is 5.69 Å². The van der Waals surface area contributed by atoms with E-state index in [2.05, 4.69) is 15.4 Å². The number of carbonyl (C=O) groups excluding carboxylic acids is 1. The Morgan fingerprint density at radius 2 is 1.47 bits per heavy atom. The van der Waals surface area contributed by atoms with E-state index in [1.807, 2.05) is 30.3 Å². The number of benzene rings is 3. The number of nitrogens with one attached hydrogen (secondary N) is 3. The van der Waals surface area contributed by atoms with Gasteiger partial charge in [0.1, 0.15) is 24.7 Å². The molecule has 0 spiro atoms. The van der Waals surface area contributed by atoms with Gasteiger partial charge in [-0.15, -0.1) is 0 Å². The molecule has 0 aliphatic rings. The third kappa shape index (κ3) is 8.63. The summed E-state index contributed by atoms with van der Waals surface area (Å²) in [5.41, 5.74) is 0.306. The number of para-hydroxylation sites is 1. The van der Waals surface area contributed by atoms with Crippen molar-refractivity contribution in [3.63, 3.8) is 0 Å². The highest BCUT2D eigenvalue weighted by Gasteiger charge is 2.21. The normalized spacial score (nSPS) is 11.4. The Morgan fingerprint density at radius 1 is 0.861 bits per heavy atom. The molecule has 1 amide bonds. The zero-order valence-electron chi connectivity index (χ0n) is 20.3. The van der Waals surface area contributed by atoms with Crippen molar-refractivity contribution in [1.29, 1.82) is 0 Å². The molecule has 0 unspecified atom stereocenters. The molecule has 0 aliphatic heterocycles. The van der Waals surface area contributed by atoms with Crippen molar-refractivity contribution in [2.45, 2.75) is 31.2 Å². The second-order valence-electron chi connectivity index (χ2n) is 8.83. The summed E-state index contributed by atoms with van der Waals surface area (Å²) >= 11 is 5.23. The van der Waals surface area contributed by atoms with Crippen molar-refractivity contribution in [3.05, 3.63) is 84.4 Å². The fraction of sp³-hybridized carbons (Fsp3) is 0.231. The van der Waals surface area contributed by atoms with Crippen LogP contribution in [-0.2, 0) is 10.0 Å². The Morgan fingerprint density at radius 3 is 2.11 bits per heavy atom. The Hall–Kier alpha value is -3.47. The highest BCUT2D eigenvalue weighted by molar-refractivity contribution is 7.89. The van der Waals surface area contributed by atoms with Crippen molar-refractivity contribution in [1.82, 2.24) is 10.0 Å². The molecule has 36 heavy (non-hydrogen) atoms. The van der Waals surface area contributed by atoms with E-state index in [9.17, 15) is 13.2 Å².